The number of benzene rings is 1. The highest BCUT2D eigenvalue weighted by Gasteiger charge is 2.45. The molecule has 0 bridgehead atoms. The number of hydrogen-bond donors (Lipinski definition) is 1. The predicted molar refractivity (Wildman–Crippen MR) is 126 cm³/mol. The van der Waals surface area contributed by atoms with Gasteiger partial charge in [-0.15, -0.1) is 11.3 Å². The quantitative estimate of drug-likeness (QED) is 0.473. The highest BCUT2D eigenvalue weighted by molar-refractivity contribution is 9.10. The second-order valence-corrected chi connectivity index (χ2v) is 10.9. The van der Waals surface area contributed by atoms with Crippen molar-refractivity contribution in [3.63, 3.8) is 0 Å². The first kappa shape index (κ1) is 21.5. The average Bonchev–Trinajstić information content (AvgIpc) is 3.09. The minimum absolute atomic E-state index is 0.0270. The van der Waals surface area contributed by atoms with Crippen molar-refractivity contribution in [2.75, 3.05) is 4.90 Å². The number of ketones is 1. The molecule has 0 spiro atoms. The molecule has 4 nitrogen and oxygen atoms in total. The number of nitriles is 1. The Morgan fingerprint density at radius 2 is 2.07 bits per heavy atom. The molecule has 2 aromatic rings. The Morgan fingerprint density at radius 1 is 1.33 bits per heavy atom. The molecular weight excluding hydrogens is 505 g/mol. The molecule has 0 saturated carbocycles. The van der Waals surface area contributed by atoms with E-state index in [1.165, 1.54) is 11.3 Å². The van der Waals surface area contributed by atoms with Gasteiger partial charge in [-0.1, -0.05) is 43.1 Å². The topological polar surface area (TPSA) is 70.1 Å². The summed E-state index contributed by atoms with van der Waals surface area (Å²) in [5.74, 6) is -0.182. The van der Waals surface area contributed by atoms with Crippen LogP contribution in [0.5, 0.6) is 0 Å². The molecule has 2 heterocycles. The van der Waals surface area contributed by atoms with Gasteiger partial charge in [0.15, 0.2) is 5.78 Å². The molecule has 1 aromatic carbocycles. The number of halogens is 3. The van der Waals surface area contributed by atoms with Crippen LogP contribution < -0.4 is 10.6 Å². The molecule has 1 aromatic heterocycles. The normalized spacial score (nSPS) is 21.0. The number of thiophene rings is 1. The van der Waals surface area contributed by atoms with Crippen LogP contribution in [0.4, 0.5) is 5.69 Å². The minimum atomic E-state index is -0.487. The zero-order valence-electron chi connectivity index (χ0n) is 16.3. The zero-order chi connectivity index (χ0) is 21.8. The van der Waals surface area contributed by atoms with Gasteiger partial charge in [0, 0.05) is 32.4 Å². The van der Waals surface area contributed by atoms with Gasteiger partial charge < -0.3 is 5.73 Å². The molecule has 154 valence electrons. The highest BCUT2D eigenvalue weighted by atomic mass is 79.9. The van der Waals surface area contributed by atoms with Crippen LogP contribution in [0.1, 0.15) is 37.5 Å². The molecule has 0 amide bonds. The van der Waals surface area contributed by atoms with E-state index >= 15 is 0 Å². The van der Waals surface area contributed by atoms with Crippen LogP contribution in [0.2, 0.25) is 10.0 Å². The SMILES string of the molecule is CC1(C)CC(=O)C2=C(C1)N(c1cccc(Cl)c1Cl)C(N)=C(C#N)C2c1cc(Br)cs1. The van der Waals surface area contributed by atoms with E-state index in [1.54, 1.807) is 23.1 Å². The molecule has 1 aliphatic heterocycles. The molecule has 4 rings (SSSR count). The molecule has 0 fully saturated rings. The van der Waals surface area contributed by atoms with Crippen molar-refractivity contribution in [3.05, 3.63) is 71.7 Å². The van der Waals surface area contributed by atoms with E-state index in [0.29, 0.717) is 39.7 Å². The maximum atomic E-state index is 13.4. The van der Waals surface area contributed by atoms with Gasteiger partial charge in [-0.05, 0) is 46.0 Å². The van der Waals surface area contributed by atoms with Gasteiger partial charge in [-0.25, -0.2) is 0 Å². The smallest absolute Gasteiger partial charge is 0.162 e. The molecule has 0 saturated heterocycles. The van der Waals surface area contributed by atoms with Gasteiger partial charge in [-0.2, -0.15) is 5.26 Å². The third-order valence-electron chi connectivity index (χ3n) is 5.43. The summed E-state index contributed by atoms with van der Waals surface area (Å²) >= 11 is 17.8. The number of nitrogens with two attached hydrogens (primary N) is 1. The maximum Gasteiger partial charge on any atom is 0.162 e. The number of Topliss-reactive ketones (excluding diaryl/α,β-unsaturated/α-hetero) is 1. The van der Waals surface area contributed by atoms with Crippen LogP contribution in [0, 0.1) is 16.7 Å². The first-order valence-electron chi connectivity index (χ1n) is 9.28. The van der Waals surface area contributed by atoms with Crippen molar-refractivity contribution in [2.24, 2.45) is 11.1 Å². The maximum absolute atomic E-state index is 13.4. The molecule has 2 N–H and O–H groups in total. The Morgan fingerprint density at radius 3 is 2.70 bits per heavy atom. The van der Waals surface area contributed by atoms with Crippen LogP contribution in [-0.2, 0) is 4.79 Å². The van der Waals surface area contributed by atoms with Crippen molar-refractivity contribution in [2.45, 2.75) is 32.6 Å². The summed E-state index contributed by atoms with van der Waals surface area (Å²) in [4.78, 5) is 16.1. The van der Waals surface area contributed by atoms with E-state index in [9.17, 15) is 10.1 Å². The Balaban J connectivity index is 2.03. The largest absolute Gasteiger partial charge is 0.384 e. The molecule has 1 aliphatic carbocycles. The lowest BCUT2D eigenvalue weighted by Gasteiger charge is -2.43. The van der Waals surface area contributed by atoms with E-state index < -0.39 is 5.92 Å². The van der Waals surface area contributed by atoms with Gasteiger partial charge in [0.1, 0.15) is 5.82 Å². The summed E-state index contributed by atoms with van der Waals surface area (Å²) in [5.41, 5.74) is 8.65. The number of rotatable bonds is 2. The van der Waals surface area contributed by atoms with Gasteiger partial charge in [0.05, 0.1) is 33.3 Å². The number of hydrogen-bond acceptors (Lipinski definition) is 5. The Hall–Kier alpha value is -1.78. The fraction of sp³-hybridized carbons (Fsp3) is 0.273. The molecular formula is C22H18BrCl2N3OS. The van der Waals surface area contributed by atoms with Gasteiger partial charge in [-0.3, -0.25) is 9.69 Å². The number of carbonyl (C=O) groups excluding carboxylic acids is 1. The Labute approximate surface area is 197 Å². The van der Waals surface area contributed by atoms with Crippen molar-refractivity contribution < 1.29 is 4.79 Å². The standard InChI is InChI=1S/C22H18BrCl2N3OS/c1-22(2)7-15-19(16(29)8-22)18(17-6-11(23)10-30-17)12(9-26)21(27)28(15)14-5-3-4-13(24)20(14)25/h3-6,10,18H,7-8,27H2,1-2H3. The number of carbonyl (C=O) groups is 1. The lowest BCUT2D eigenvalue weighted by Crippen LogP contribution is -2.42. The summed E-state index contributed by atoms with van der Waals surface area (Å²) in [6, 6.07) is 9.48. The third kappa shape index (κ3) is 3.48. The molecule has 30 heavy (non-hydrogen) atoms. The molecule has 8 heteroatoms. The predicted octanol–water partition coefficient (Wildman–Crippen LogP) is 6.76. The number of anilines is 1. The van der Waals surface area contributed by atoms with E-state index in [0.717, 1.165) is 15.0 Å². The number of nitrogens with zero attached hydrogens (tertiary/aromatic N) is 2. The minimum Gasteiger partial charge on any atom is -0.384 e. The van der Waals surface area contributed by atoms with E-state index in [2.05, 4.69) is 35.8 Å². The van der Waals surface area contributed by atoms with Gasteiger partial charge in [0.25, 0.3) is 0 Å². The van der Waals surface area contributed by atoms with Gasteiger partial charge in [0.2, 0.25) is 0 Å². The molecule has 0 radical (unpaired) electrons. The fourth-order valence-electron chi connectivity index (χ4n) is 4.21. The molecule has 2 aliphatic rings. The van der Waals surface area contributed by atoms with E-state index in [1.807, 2.05) is 11.4 Å². The van der Waals surface area contributed by atoms with Crippen LogP contribution in [0.15, 0.2) is 56.8 Å². The van der Waals surface area contributed by atoms with E-state index in [-0.39, 0.29) is 17.0 Å². The van der Waals surface area contributed by atoms with Crippen LogP contribution >= 0.6 is 50.5 Å². The zero-order valence-corrected chi connectivity index (χ0v) is 20.2. The lowest BCUT2D eigenvalue weighted by molar-refractivity contribution is -0.118. The first-order chi connectivity index (χ1) is 14.1. The van der Waals surface area contributed by atoms with Crippen LogP contribution in [-0.4, -0.2) is 5.78 Å². The first-order valence-corrected chi connectivity index (χ1v) is 11.7. The van der Waals surface area contributed by atoms with Gasteiger partial charge >= 0.3 is 0 Å². The summed E-state index contributed by atoms with van der Waals surface area (Å²) in [5, 5.41) is 12.7. The average molecular weight is 523 g/mol. The monoisotopic (exact) mass is 521 g/mol. The summed E-state index contributed by atoms with van der Waals surface area (Å²) in [6.07, 6.45) is 1.03. The second-order valence-electron chi connectivity index (χ2n) is 8.22. The van der Waals surface area contributed by atoms with Crippen LogP contribution in [0.25, 0.3) is 0 Å². The fourth-order valence-corrected chi connectivity index (χ4v) is 6.16. The Kier molecular flexibility index (Phi) is 5.52. The van der Waals surface area contributed by atoms with E-state index in [4.69, 9.17) is 28.9 Å². The summed E-state index contributed by atoms with van der Waals surface area (Å²) in [7, 11) is 0. The lowest BCUT2D eigenvalue weighted by atomic mass is 9.69. The van der Waals surface area contributed by atoms with Crippen LogP contribution in [0.3, 0.4) is 0 Å². The summed E-state index contributed by atoms with van der Waals surface area (Å²) < 4.78 is 0.907. The van der Waals surface area contributed by atoms with Crippen molar-refractivity contribution >= 4 is 61.9 Å². The molecule has 1 atom stereocenters. The van der Waals surface area contributed by atoms with Crippen molar-refractivity contribution in [1.29, 1.82) is 5.26 Å². The third-order valence-corrected chi connectivity index (χ3v) is 7.99. The number of allylic oxidation sites excluding steroid dienone is 3. The van der Waals surface area contributed by atoms with Crippen molar-refractivity contribution in [3.8, 4) is 6.07 Å². The Bertz CT molecular complexity index is 1180. The molecule has 1 unspecified atom stereocenters. The summed E-state index contributed by atoms with van der Waals surface area (Å²) in [6.45, 7) is 4.12. The highest BCUT2D eigenvalue weighted by Crippen LogP contribution is 2.52. The van der Waals surface area contributed by atoms with Crippen molar-refractivity contribution in [1.82, 2.24) is 0 Å². The second kappa shape index (κ2) is 7.72.